The summed E-state index contributed by atoms with van der Waals surface area (Å²) in [5, 5.41) is 10.2. The van der Waals surface area contributed by atoms with Crippen LogP contribution in [0.25, 0.3) is 0 Å². The Bertz CT molecular complexity index is 105. The zero-order chi connectivity index (χ0) is 8.65. The molecule has 0 aromatic carbocycles. The Hall–Kier alpha value is 0.270. The lowest BCUT2D eigenvalue weighted by Gasteiger charge is -2.25. The molecule has 0 aromatic rings. The van der Waals surface area contributed by atoms with Crippen molar-refractivity contribution in [1.29, 1.82) is 0 Å². The van der Waals surface area contributed by atoms with Crippen LogP contribution in [0.15, 0.2) is 0 Å². The molecule has 1 fully saturated rings. The van der Waals surface area contributed by atoms with E-state index in [4.69, 9.17) is 0 Å². The Balaban J connectivity index is 1.91. The third-order valence-electron chi connectivity index (χ3n) is 2.22. The second-order valence-electron chi connectivity index (χ2n) is 3.22. The Kier molecular flexibility index (Phi) is 5.82. The largest absolute Gasteiger partial charge is 0.302 e. The minimum absolute atomic E-state index is 0.107. The van der Waals surface area contributed by atoms with Crippen molar-refractivity contribution in [1.82, 2.24) is 4.90 Å². The summed E-state index contributed by atoms with van der Waals surface area (Å²) in [6, 6.07) is 0. The third kappa shape index (κ3) is 4.33. The van der Waals surface area contributed by atoms with E-state index in [0.717, 1.165) is 12.8 Å². The van der Waals surface area contributed by atoms with Crippen molar-refractivity contribution in [2.75, 3.05) is 37.7 Å². The molecule has 1 saturated heterocycles. The predicted molar refractivity (Wildman–Crippen MR) is 53.2 cm³/mol. The maximum atomic E-state index is 10.2. The average Bonchev–Trinajstić information content (AvgIpc) is 2.14. The van der Waals surface area contributed by atoms with Gasteiger partial charge in [-0.3, -0.25) is 0 Å². The van der Waals surface area contributed by atoms with Crippen LogP contribution < -0.4 is 0 Å². The summed E-state index contributed by atoms with van der Waals surface area (Å²) in [4.78, 5) is 2.52. The quantitative estimate of drug-likeness (QED) is 0.612. The van der Waals surface area contributed by atoms with E-state index in [9.17, 15) is 5.11 Å². The van der Waals surface area contributed by atoms with Crippen LogP contribution in [0.5, 0.6) is 0 Å². The standard InChI is InChI=1S/C9H18NOS/c11-7-3-1-2-4-10-5-8-12-9-6-10/h1-9H2. The lowest BCUT2D eigenvalue weighted by atomic mass is 10.2. The zero-order valence-electron chi connectivity index (χ0n) is 7.63. The molecule has 71 valence electrons. The van der Waals surface area contributed by atoms with Crippen LogP contribution in [-0.4, -0.2) is 42.6 Å². The van der Waals surface area contributed by atoms with Crippen LogP contribution in [0, 0.1) is 0 Å². The van der Waals surface area contributed by atoms with E-state index in [1.807, 2.05) is 0 Å². The summed E-state index contributed by atoms with van der Waals surface area (Å²) in [7, 11) is 0. The van der Waals surface area contributed by atoms with E-state index in [0.29, 0.717) is 0 Å². The van der Waals surface area contributed by atoms with Gasteiger partial charge < -0.3 is 4.90 Å². The normalized spacial score (nSPS) is 19.8. The molecule has 0 saturated carbocycles. The van der Waals surface area contributed by atoms with Gasteiger partial charge >= 0.3 is 0 Å². The highest BCUT2D eigenvalue weighted by Gasteiger charge is 2.08. The molecule has 1 aliphatic heterocycles. The minimum atomic E-state index is 0.107. The number of hydrogen-bond acceptors (Lipinski definition) is 2. The highest BCUT2D eigenvalue weighted by Crippen LogP contribution is 2.09. The van der Waals surface area contributed by atoms with Gasteiger partial charge in [0.15, 0.2) is 0 Å². The first kappa shape index (κ1) is 10.4. The maximum Gasteiger partial charge on any atom is 0.0822 e. The lowest BCUT2D eigenvalue weighted by molar-refractivity contribution is 0.183. The van der Waals surface area contributed by atoms with Gasteiger partial charge in [-0.25, -0.2) is 5.11 Å². The molecule has 1 rings (SSSR count). The number of rotatable bonds is 5. The van der Waals surface area contributed by atoms with Gasteiger partial charge in [0.2, 0.25) is 0 Å². The highest BCUT2D eigenvalue weighted by atomic mass is 32.2. The van der Waals surface area contributed by atoms with E-state index in [-0.39, 0.29) is 6.61 Å². The molecular formula is C9H18NOS. The lowest BCUT2D eigenvalue weighted by Crippen LogP contribution is -2.33. The van der Waals surface area contributed by atoms with Gasteiger partial charge in [-0.05, 0) is 25.8 Å². The van der Waals surface area contributed by atoms with Crippen LogP contribution in [0.3, 0.4) is 0 Å². The Morgan fingerprint density at radius 2 is 1.83 bits per heavy atom. The van der Waals surface area contributed by atoms with Crippen LogP contribution >= 0.6 is 11.8 Å². The van der Waals surface area contributed by atoms with Crippen LogP contribution in [0.4, 0.5) is 0 Å². The number of unbranched alkanes of at least 4 members (excludes halogenated alkanes) is 2. The van der Waals surface area contributed by atoms with Crippen LogP contribution in [0.1, 0.15) is 19.3 Å². The predicted octanol–water partition coefficient (Wildman–Crippen LogP) is 1.64. The highest BCUT2D eigenvalue weighted by molar-refractivity contribution is 7.99. The summed E-state index contributed by atoms with van der Waals surface area (Å²) < 4.78 is 0. The molecule has 1 radical (unpaired) electrons. The molecule has 0 unspecified atom stereocenters. The van der Waals surface area contributed by atoms with E-state index in [1.165, 1.54) is 37.6 Å². The van der Waals surface area contributed by atoms with Gasteiger partial charge in [0.05, 0.1) is 6.61 Å². The first-order valence-electron chi connectivity index (χ1n) is 4.81. The molecule has 1 heterocycles. The first-order valence-corrected chi connectivity index (χ1v) is 5.97. The topological polar surface area (TPSA) is 23.1 Å². The van der Waals surface area contributed by atoms with E-state index in [1.54, 1.807) is 0 Å². The summed E-state index contributed by atoms with van der Waals surface area (Å²) >= 11 is 2.05. The van der Waals surface area contributed by atoms with Crippen molar-refractivity contribution in [2.45, 2.75) is 19.3 Å². The van der Waals surface area contributed by atoms with Gasteiger partial charge in [0, 0.05) is 24.6 Å². The van der Waals surface area contributed by atoms with Crippen molar-refractivity contribution >= 4 is 11.8 Å². The molecule has 2 nitrogen and oxygen atoms in total. The van der Waals surface area contributed by atoms with Gasteiger partial charge in [0.1, 0.15) is 0 Å². The Morgan fingerprint density at radius 3 is 2.50 bits per heavy atom. The second kappa shape index (κ2) is 6.75. The summed E-state index contributed by atoms with van der Waals surface area (Å²) in [6.45, 7) is 3.82. The fourth-order valence-electron chi connectivity index (χ4n) is 1.44. The maximum absolute atomic E-state index is 10.2. The molecule has 0 N–H and O–H groups in total. The minimum Gasteiger partial charge on any atom is -0.302 e. The molecule has 0 bridgehead atoms. The van der Waals surface area contributed by atoms with Crippen molar-refractivity contribution in [3.63, 3.8) is 0 Å². The molecule has 0 aromatic heterocycles. The van der Waals surface area contributed by atoms with Crippen molar-refractivity contribution < 1.29 is 5.11 Å². The van der Waals surface area contributed by atoms with Gasteiger partial charge in [-0.1, -0.05) is 0 Å². The number of nitrogens with zero attached hydrogens (tertiary/aromatic N) is 1. The van der Waals surface area contributed by atoms with E-state index >= 15 is 0 Å². The van der Waals surface area contributed by atoms with Crippen LogP contribution in [0.2, 0.25) is 0 Å². The van der Waals surface area contributed by atoms with Crippen LogP contribution in [-0.2, 0) is 5.11 Å². The smallest absolute Gasteiger partial charge is 0.0822 e. The molecule has 12 heavy (non-hydrogen) atoms. The SMILES string of the molecule is [O]CCCCCN1CCSCC1. The monoisotopic (exact) mass is 188 g/mol. The van der Waals surface area contributed by atoms with Crippen molar-refractivity contribution in [2.24, 2.45) is 0 Å². The van der Waals surface area contributed by atoms with E-state index in [2.05, 4.69) is 16.7 Å². The molecule has 0 atom stereocenters. The summed E-state index contributed by atoms with van der Waals surface area (Å²) in [6.07, 6.45) is 3.20. The molecule has 0 amide bonds. The van der Waals surface area contributed by atoms with Crippen molar-refractivity contribution in [3.05, 3.63) is 0 Å². The second-order valence-corrected chi connectivity index (χ2v) is 4.44. The van der Waals surface area contributed by atoms with E-state index < -0.39 is 0 Å². The first-order chi connectivity index (χ1) is 5.93. The molecule has 0 spiro atoms. The van der Waals surface area contributed by atoms with Gasteiger partial charge in [0.25, 0.3) is 0 Å². The van der Waals surface area contributed by atoms with Crippen molar-refractivity contribution in [3.8, 4) is 0 Å². The van der Waals surface area contributed by atoms with Gasteiger partial charge in [-0.15, -0.1) is 0 Å². The summed E-state index contributed by atoms with van der Waals surface area (Å²) in [5.74, 6) is 2.59. The number of thioether (sulfide) groups is 1. The van der Waals surface area contributed by atoms with Gasteiger partial charge in [-0.2, -0.15) is 11.8 Å². The fraction of sp³-hybridized carbons (Fsp3) is 1.00. The summed E-state index contributed by atoms with van der Waals surface area (Å²) in [5.41, 5.74) is 0. The Labute approximate surface area is 79.3 Å². The number of hydrogen-bond donors (Lipinski definition) is 0. The molecule has 0 aliphatic carbocycles. The average molecular weight is 188 g/mol. The molecule has 3 heteroatoms. The molecule has 1 aliphatic rings. The Morgan fingerprint density at radius 1 is 1.08 bits per heavy atom. The third-order valence-corrected chi connectivity index (χ3v) is 3.16. The molecular weight excluding hydrogens is 170 g/mol. The fourth-order valence-corrected chi connectivity index (χ4v) is 2.42. The zero-order valence-corrected chi connectivity index (χ0v) is 8.44.